The van der Waals surface area contributed by atoms with E-state index in [1.54, 1.807) is 0 Å². The van der Waals surface area contributed by atoms with Crippen LogP contribution in [-0.4, -0.2) is 20.9 Å². The molecule has 1 aromatic carbocycles. The van der Waals surface area contributed by atoms with Crippen LogP contribution in [0, 0.1) is 6.92 Å². The molecule has 0 aliphatic rings. The van der Waals surface area contributed by atoms with E-state index in [-0.39, 0.29) is 0 Å². The van der Waals surface area contributed by atoms with Crippen LogP contribution in [0.3, 0.4) is 0 Å². The molecule has 0 N–H and O–H groups in total. The zero-order valence-corrected chi connectivity index (χ0v) is 14.0. The maximum Gasteiger partial charge on any atom is 0.0705 e. The summed E-state index contributed by atoms with van der Waals surface area (Å²) in [7, 11) is 0. The summed E-state index contributed by atoms with van der Waals surface area (Å²) < 4.78 is 0. The van der Waals surface area contributed by atoms with Gasteiger partial charge in [0.2, 0.25) is 0 Å². The van der Waals surface area contributed by atoms with Crippen molar-refractivity contribution in [1.29, 1.82) is 0 Å². The van der Waals surface area contributed by atoms with Gasteiger partial charge in [-0.1, -0.05) is 18.2 Å². The Kier molecular flexibility index (Phi) is 4.68. The summed E-state index contributed by atoms with van der Waals surface area (Å²) in [6, 6.07) is 17.3. The molecule has 118 valence electrons. The fourth-order valence-corrected chi connectivity index (χ4v) is 2.73. The highest BCUT2D eigenvalue weighted by atomic mass is 15.1. The fourth-order valence-electron chi connectivity index (χ4n) is 2.73. The molecule has 3 rings (SSSR count). The second-order valence-electron chi connectivity index (χ2n) is 6.30. The van der Waals surface area contributed by atoms with Crippen molar-refractivity contribution in [1.82, 2.24) is 14.9 Å². The quantitative estimate of drug-likeness (QED) is 0.702. The SMILES string of the molecule is Cc1ccc2cc(CN(Cc3ccccn3)C(C)C)ccc2n1. The molecule has 0 radical (unpaired) electrons. The second kappa shape index (κ2) is 6.88. The molecule has 0 aliphatic carbocycles. The van der Waals surface area contributed by atoms with Crippen molar-refractivity contribution >= 4 is 10.9 Å². The highest BCUT2D eigenvalue weighted by Gasteiger charge is 2.12. The first-order chi connectivity index (χ1) is 11.1. The Morgan fingerprint density at radius 3 is 2.61 bits per heavy atom. The van der Waals surface area contributed by atoms with E-state index < -0.39 is 0 Å². The van der Waals surface area contributed by atoms with E-state index >= 15 is 0 Å². The Labute approximate surface area is 138 Å². The van der Waals surface area contributed by atoms with Gasteiger partial charge in [-0.25, -0.2) is 0 Å². The van der Waals surface area contributed by atoms with Crippen LogP contribution in [0.2, 0.25) is 0 Å². The number of nitrogens with zero attached hydrogens (tertiary/aromatic N) is 3. The molecule has 23 heavy (non-hydrogen) atoms. The lowest BCUT2D eigenvalue weighted by Gasteiger charge is -2.26. The molecule has 0 unspecified atom stereocenters. The molecule has 2 heterocycles. The maximum atomic E-state index is 4.58. The van der Waals surface area contributed by atoms with Gasteiger partial charge in [0.15, 0.2) is 0 Å². The third-order valence-corrected chi connectivity index (χ3v) is 4.10. The van der Waals surface area contributed by atoms with Gasteiger partial charge >= 0.3 is 0 Å². The minimum atomic E-state index is 0.462. The first-order valence-corrected chi connectivity index (χ1v) is 8.12. The van der Waals surface area contributed by atoms with Crippen LogP contribution in [0.1, 0.15) is 30.8 Å². The summed E-state index contributed by atoms with van der Waals surface area (Å²) in [5, 5.41) is 1.20. The van der Waals surface area contributed by atoms with E-state index in [9.17, 15) is 0 Å². The van der Waals surface area contributed by atoms with Gasteiger partial charge in [-0.2, -0.15) is 0 Å². The predicted molar refractivity (Wildman–Crippen MR) is 95.1 cm³/mol. The van der Waals surface area contributed by atoms with Crippen molar-refractivity contribution < 1.29 is 0 Å². The van der Waals surface area contributed by atoms with Gasteiger partial charge in [0, 0.05) is 36.4 Å². The van der Waals surface area contributed by atoms with E-state index in [1.807, 2.05) is 25.3 Å². The van der Waals surface area contributed by atoms with Gasteiger partial charge in [-0.3, -0.25) is 14.9 Å². The summed E-state index contributed by atoms with van der Waals surface area (Å²) in [5.41, 5.74) is 4.55. The topological polar surface area (TPSA) is 29.0 Å². The Morgan fingerprint density at radius 1 is 1.00 bits per heavy atom. The zero-order chi connectivity index (χ0) is 16.2. The highest BCUT2D eigenvalue weighted by Crippen LogP contribution is 2.18. The number of fused-ring (bicyclic) bond motifs is 1. The molecule has 2 aromatic heterocycles. The largest absolute Gasteiger partial charge is 0.291 e. The van der Waals surface area contributed by atoms with Crippen molar-refractivity contribution in [3.05, 3.63) is 71.7 Å². The van der Waals surface area contributed by atoms with Crippen molar-refractivity contribution in [2.24, 2.45) is 0 Å². The van der Waals surface area contributed by atoms with Gasteiger partial charge in [-0.15, -0.1) is 0 Å². The number of hydrogen-bond donors (Lipinski definition) is 0. The van der Waals surface area contributed by atoms with Crippen molar-refractivity contribution in [2.45, 2.75) is 39.9 Å². The smallest absolute Gasteiger partial charge is 0.0705 e. The Morgan fingerprint density at radius 2 is 1.87 bits per heavy atom. The first kappa shape index (κ1) is 15.6. The van der Waals surface area contributed by atoms with Gasteiger partial charge in [0.1, 0.15) is 0 Å². The average molecular weight is 305 g/mol. The summed E-state index contributed by atoms with van der Waals surface area (Å²) in [6.07, 6.45) is 1.86. The molecular formula is C20H23N3. The minimum absolute atomic E-state index is 0.462. The van der Waals surface area contributed by atoms with E-state index in [0.29, 0.717) is 6.04 Å². The standard InChI is InChI=1S/C20H23N3/c1-15(2)23(14-19-6-4-5-11-21-19)13-17-8-10-20-18(12-17)9-7-16(3)22-20/h4-12,15H,13-14H2,1-3H3. The first-order valence-electron chi connectivity index (χ1n) is 8.12. The third-order valence-electron chi connectivity index (χ3n) is 4.10. The lowest BCUT2D eigenvalue weighted by molar-refractivity contribution is 0.201. The van der Waals surface area contributed by atoms with Crippen LogP contribution in [-0.2, 0) is 13.1 Å². The number of hydrogen-bond acceptors (Lipinski definition) is 3. The summed E-state index contributed by atoms with van der Waals surface area (Å²) in [6.45, 7) is 8.27. The van der Waals surface area contributed by atoms with Crippen molar-refractivity contribution in [3.63, 3.8) is 0 Å². The van der Waals surface area contributed by atoms with Crippen LogP contribution in [0.15, 0.2) is 54.7 Å². The van der Waals surface area contributed by atoms with Gasteiger partial charge in [-0.05, 0) is 56.7 Å². The number of aromatic nitrogens is 2. The molecule has 0 saturated carbocycles. The maximum absolute atomic E-state index is 4.58. The minimum Gasteiger partial charge on any atom is -0.291 e. The molecule has 0 fully saturated rings. The molecule has 3 nitrogen and oxygen atoms in total. The lowest BCUT2D eigenvalue weighted by atomic mass is 10.1. The van der Waals surface area contributed by atoms with Crippen molar-refractivity contribution in [2.75, 3.05) is 0 Å². The average Bonchev–Trinajstić information content (AvgIpc) is 2.55. The lowest BCUT2D eigenvalue weighted by Crippen LogP contribution is -2.30. The fraction of sp³-hybridized carbons (Fsp3) is 0.300. The predicted octanol–water partition coefficient (Wildman–Crippen LogP) is 4.35. The van der Waals surface area contributed by atoms with Crippen molar-refractivity contribution in [3.8, 4) is 0 Å². The van der Waals surface area contributed by atoms with Crippen LogP contribution < -0.4 is 0 Å². The molecule has 0 atom stereocenters. The molecule has 0 aliphatic heterocycles. The Hall–Kier alpha value is -2.26. The monoisotopic (exact) mass is 305 g/mol. The zero-order valence-electron chi connectivity index (χ0n) is 14.0. The van der Waals surface area contributed by atoms with Gasteiger partial charge < -0.3 is 0 Å². The Balaban J connectivity index is 1.81. The van der Waals surface area contributed by atoms with E-state index in [4.69, 9.17) is 0 Å². The van der Waals surface area contributed by atoms with Crippen LogP contribution in [0.25, 0.3) is 10.9 Å². The van der Waals surface area contributed by atoms with E-state index in [0.717, 1.165) is 30.0 Å². The summed E-state index contributed by atoms with van der Waals surface area (Å²) in [4.78, 5) is 11.5. The van der Waals surface area contributed by atoms with Gasteiger partial charge in [0.05, 0.1) is 11.2 Å². The number of rotatable bonds is 5. The molecule has 3 aromatic rings. The van der Waals surface area contributed by atoms with Crippen LogP contribution in [0.4, 0.5) is 0 Å². The molecular weight excluding hydrogens is 282 g/mol. The van der Waals surface area contributed by atoms with E-state index in [1.165, 1.54) is 10.9 Å². The number of benzene rings is 1. The van der Waals surface area contributed by atoms with Crippen LogP contribution in [0.5, 0.6) is 0 Å². The number of aryl methyl sites for hydroxylation is 1. The molecule has 0 saturated heterocycles. The second-order valence-corrected chi connectivity index (χ2v) is 6.30. The van der Waals surface area contributed by atoms with E-state index in [2.05, 4.69) is 65.1 Å². The summed E-state index contributed by atoms with van der Waals surface area (Å²) in [5.74, 6) is 0. The molecule has 0 amide bonds. The normalized spacial score (nSPS) is 11.5. The molecule has 3 heteroatoms. The molecule has 0 bridgehead atoms. The summed E-state index contributed by atoms with van der Waals surface area (Å²) >= 11 is 0. The van der Waals surface area contributed by atoms with Gasteiger partial charge in [0.25, 0.3) is 0 Å². The third kappa shape index (κ3) is 3.93. The Bertz CT molecular complexity index is 781. The van der Waals surface area contributed by atoms with Crippen LogP contribution >= 0.6 is 0 Å². The number of pyridine rings is 2. The highest BCUT2D eigenvalue weighted by molar-refractivity contribution is 5.79. The molecule has 0 spiro atoms.